The molecule has 1 fully saturated rings. The topological polar surface area (TPSA) is 78.1 Å². The molecule has 7 heteroatoms. The van der Waals surface area contributed by atoms with Crippen LogP contribution in [0.2, 0.25) is 0 Å². The van der Waals surface area contributed by atoms with Crippen LogP contribution in [0.25, 0.3) is 10.9 Å². The Morgan fingerprint density at radius 3 is 2.69 bits per heavy atom. The Labute approximate surface area is 155 Å². The summed E-state index contributed by atoms with van der Waals surface area (Å²) in [6.07, 6.45) is 1.51. The Bertz CT molecular complexity index is 953. The summed E-state index contributed by atoms with van der Waals surface area (Å²) in [4.78, 5) is 28.8. The lowest BCUT2D eigenvalue weighted by Gasteiger charge is -2.32. The Balaban J connectivity index is 1.37. The first-order chi connectivity index (χ1) is 12.6. The van der Waals surface area contributed by atoms with Gasteiger partial charge < -0.3 is 10.2 Å². The molecule has 2 aromatic heterocycles. The highest BCUT2D eigenvalue weighted by Gasteiger charge is 2.27. The number of amides is 2. The molecule has 0 bridgehead atoms. The van der Waals surface area contributed by atoms with Crippen LogP contribution in [0.5, 0.6) is 0 Å². The predicted molar refractivity (Wildman–Crippen MR) is 102 cm³/mol. The number of nitrogens with one attached hydrogen (secondary N) is 2. The van der Waals surface area contributed by atoms with E-state index in [1.807, 2.05) is 48.2 Å². The minimum Gasteiger partial charge on any atom is -0.348 e. The van der Waals surface area contributed by atoms with Crippen molar-refractivity contribution in [2.24, 2.45) is 0 Å². The molecular formula is C19H20N4O2S. The molecule has 0 aliphatic carbocycles. The second kappa shape index (κ2) is 6.92. The number of para-hydroxylation sites is 1. The highest BCUT2D eigenvalue weighted by Crippen LogP contribution is 2.20. The third-order valence-electron chi connectivity index (χ3n) is 4.75. The van der Waals surface area contributed by atoms with Crippen LogP contribution in [0.4, 0.5) is 0 Å². The highest BCUT2D eigenvalue weighted by atomic mass is 32.1. The van der Waals surface area contributed by atoms with Crippen LogP contribution in [0.1, 0.15) is 37.9 Å². The highest BCUT2D eigenvalue weighted by molar-refractivity contribution is 7.13. The monoisotopic (exact) mass is 368 g/mol. The number of rotatable bonds is 3. The van der Waals surface area contributed by atoms with Crippen molar-refractivity contribution in [1.29, 1.82) is 0 Å². The summed E-state index contributed by atoms with van der Waals surface area (Å²) in [6, 6.07) is 11.5. The maximum absolute atomic E-state index is 12.8. The molecule has 6 nitrogen and oxygen atoms in total. The van der Waals surface area contributed by atoms with Crippen LogP contribution in [-0.2, 0) is 0 Å². The quantitative estimate of drug-likeness (QED) is 0.746. The number of fused-ring (bicyclic) bond motifs is 1. The lowest BCUT2D eigenvalue weighted by atomic mass is 10.0. The molecule has 4 rings (SSSR count). The molecule has 0 unspecified atom stereocenters. The summed E-state index contributed by atoms with van der Waals surface area (Å²) in [6.45, 7) is 3.23. The SMILES string of the molecule is Cc1ccc(C(=O)NC2CCN(C(=O)c3n[nH]c4ccccc34)CC2)s1. The van der Waals surface area contributed by atoms with E-state index in [1.165, 1.54) is 11.3 Å². The van der Waals surface area contributed by atoms with Gasteiger partial charge >= 0.3 is 0 Å². The van der Waals surface area contributed by atoms with Crippen LogP contribution in [0, 0.1) is 6.92 Å². The maximum atomic E-state index is 12.8. The number of H-pyrrole nitrogens is 1. The molecule has 2 amide bonds. The van der Waals surface area contributed by atoms with E-state index in [9.17, 15) is 9.59 Å². The van der Waals surface area contributed by atoms with E-state index >= 15 is 0 Å². The minimum absolute atomic E-state index is 0.0221. The second-order valence-corrected chi connectivity index (χ2v) is 7.86. The molecule has 26 heavy (non-hydrogen) atoms. The molecule has 1 saturated heterocycles. The molecule has 0 atom stereocenters. The zero-order valence-corrected chi connectivity index (χ0v) is 15.3. The number of hydrogen-bond donors (Lipinski definition) is 2. The smallest absolute Gasteiger partial charge is 0.274 e. The molecule has 3 aromatic rings. The summed E-state index contributed by atoms with van der Waals surface area (Å²) in [7, 11) is 0. The number of hydrogen-bond acceptors (Lipinski definition) is 4. The number of nitrogens with zero attached hydrogens (tertiary/aromatic N) is 2. The van der Waals surface area contributed by atoms with Gasteiger partial charge in [-0.2, -0.15) is 5.10 Å². The number of thiophene rings is 1. The summed E-state index contributed by atoms with van der Waals surface area (Å²) in [5.74, 6) is -0.0766. The molecule has 0 radical (unpaired) electrons. The van der Waals surface area contributed by atoms with Crippen molar-refractivity contribution in [3.05, 3.63) is 51.8 Å². The first-order valence-corrected chi connectivity index (χ1v) is 9.53. The average Bonchev–Trinajstić information content (AvgIpc) is 3.28. The van der Waals surface area contributed by atoms with Gasteiger partial charge in [-0.15, -0.1) is 11.3 Å². The number of benzene rings is 1. The van der Waals surface area contributed by atoms with Crippen molar-refractivity contribution in [3.63, 3.8) is 0 Å². The van der Waals surface area contributed by atoms with E-state index in [1.54, 1.807) is 0 Å². The number of carbonyl (C=O) groups excluding carboxylic acids is 2. The predicted octanol–water partition coefficient (Wildman–Crippen LogP) is 2.97. The molecule has 1 aliphatic heterocycles. The van der Waals surface area contributed by atoms with Crippen LogP contribution < -0.4 is 5.32 Å². The summed E-state index contributed by atoms with van der Waals surface area (Å²) < 4.78 is 0. The lowest BCUT2D eigenvalue weighted by Crippen LogP contribution is -2.46. The van der Waals surface area contributed by atoms with Crippen molar-refractivity contribution in [2.75, 3.05) is 13.1 Å². The average molecular weight is 368 g/mol. The molecule has 1 aliphatic rings. The zero-order valence-electron chi connectivity index (χ0n) is 14.5. The van der Waals surface area contributed by atoms with Gasteiger partial charge in [0, 0.05) is 29.4 Å². The Morgan fingerprint density at radius 1 is 1.19 bits per heavy atom. The minimum atomic E-state index is -0.0545. The summed E-state index contributed by atoms with van der Waals surface area (Å²) >= 11 is 1.50. The first kappa shape index (κ1) is 16.8. The Hall–Kier alpha value is -2.67. The van der Waals surface area contributed by atoms with Gasteiger partial charge in [0.1, 0.15) is 0 Å². The third-order valence-corrected chi connectivity index (χ3v) is 5.75. The fraction of sp³-hybridized carbons (Fsp3) is 0.316. The van der Waals surface area contributed by atoms with Gasteiger partial charge in [0.2, 0.25) is 0 Å². The van der Waals surface area contributed by atoms with Crippen LogP contribution in [0.3, 0.4) is 0 Å². The molecule has 2 N–H and O–H groups in total. The number of carbonyl (C=O) groups is 2. The van der Waals surface area contributed by atoms with E-state index in [0.717, 1.165) is 33.5 Å². The van der Waals surface area contributed by atoms with Crippen molar-refractivity contribution in [1.82, 2.24) is 20.4 Å². The van der Waals surface area contributed by atoms with Gasteiger partial charge in [-0.25, -0.2) is 0 Å². The maximum Gasteiger partial charge on any atom is 0.274 e. The van der Waals surface area contributed by atoms with Crippen molar-refractivity contribution in [3.8, 4) is 0 Å². The van der Waals surface area contributed by atoms with Gasteiger partial charge in [0.05, 0.1) is 10.4 Å². The van der Waals surface area contributed by atoms with Gasteiger partial charge in [-0.3, -0.25) is 14.7 Å². The Morgan fingerprint density at radius 2 is 1.96 bits per heavy atom. The number of likely N-dealkylation sites (tertiary alicyclic amines) is 1. The summed E-state index contributed by atoms with van der Waals surface area (Å²) in [5, 5.41) is 11.0. The number of aryl methyl sites for hydroxylation is 1. The van der Waals surface area contributed by atoms with E-state index in [4.69, 9.17) is 0 Å². The second-order valence-electron chi connectivity index (χ2n) is 6.57. The van der Waals surface area contributed by atoms with Crippen LogP contribution in [0.15, 0.2) is 36.4 Å². The molecule has 3 heterocycles. The fourth-order valence-electron chi connectivity index (χ4n) is 3.32. The van der Waals surface area contributed by atoms with Crippen molar-refractivity contribution in [2.45, 2.75) is 25.8 Å². The van der Waals surface area contributed by atoms with Crippen LogP contribution in [-0.4, -0.2) is 46.0 Å². The molecule has 0 spiro atoms. The first-order valence-electron chi connectivity index (χ1n) is 8.71. The lowest BCUT2D eigenvalue weighted by molar-refractivity contribution is 0.0694. The standard InChI is InChI=1S/C19H20N4O2S/c1-12-6-7-16(26-12)18(24)20-13-8-10-23(11-9-13)19(25)17-14-4-2-3-5-15(14)21-22-17/h2-7,13H,8-11H2,1H3,(H,20,24)(H,21,22). The van der Waals surface area contributed by atoms with E-state index < -0.39 is 0 Å². The normalized spacial score (nSPS) is 15.3. The third kappa shape index (κ3) is 3.22. The molecule has 0 saturated carbocycles. The van der Waals surface area contributed by atoms with Gasteiger partial charge in [0.15, 0.2) is 5.69 Å². The van der Waals surface area contributed by atoms with Crippen molar-refractivity contribution < 1.29 is 9.59 Å². The Kier molecular flexibility index (Phi) is 4.46. The summed E-state index contributed by atoms with van der Waals surface area (Å²) in [5.41, 5.74) is 1.33. The number of aromatic amines is 1. The van der Waals surface area contributed by atoms with E-state index in [0.29, 0.717) is 18.8 Å². The van der Waals surface area contributed by atoms with Crippen LogP contribution >= 0.6 is 11.3 Å². The van der Waals surface area contributed by atoms with E-state index in [2.05, 4.69) is 15.5 Å². The number of aromatic nitrogens is 2. The molecule has 1 aromatic carbocycles. The van der Waals surface area contributed by atoms with Gasteiger partial charge in [-0.05, 0) is 38.0 Å². The fourth-order valence-corrected chi connectivity index (χ4v) is 4.09. The van der Waals surface area contributed by atoms with Gasteiger partial charge in [0.25, 0.3) is 11.8 Å². The largest absolute Gasteiger partial charge is 0.348 e. The number of piperidine rings is 1. The zero-order chi connectivity index (χ0) is 18.1. The molecular weight excluding hydrogens is 348 g/mol. The molecule has 134 valence electrons. The van der Waals surface area contributed by atoms with Gasteiger partial charge in [-0.1, -0.05) is 18.2 Å². The van der Waals surface area contributed by atoms with Crippen molar-refractivity contribution >= 4 is 34.1 Å². The van der Waals surface area contributed by atoms with E-state index in [-0.39, 0.29) is 17.9 Å².